The number of carbonyl (C=O) groups is 2. The van der Waals surface area contributed by atoms with E-state index in [4.69, 9.17) is 5.11 Å². The van der Waals surface area contributed by atoms with Gasteiger partial charge in [-0.3, -0.25) is 4.79 Å². The fourth-order valence-corrected chi connectivity index (χ4v) is 1.99. The van der Waals surface area contributed by atoms with Gasteiger partial charge in [-0.05, 0) is 19.8 Å². The molecule has 17 heavy (non-hydrogen) atoms. The summed E-state index contributed by atoms with van der Waals surface area (Å²) in [5.41, 5.74) is -0.777. The third kappa shape index (κ3) is 3.61. The van der Waals surface area contributed by atoms with Crippen LogP contribution in [0.15, 0.2) is 0 Å². The van der Waals surface area contributed by atoms with Gasteiger partial charge in [0.1, 0.15) is 0 Å². The summed E-state index contributed by atoms with van der Waals surface area (Å²) in [7, 11) is 0. The minimum absolute atomic E-state index is 0.133. The van der Waals surface area contributed by atoms with Crippen LogP contribution < -0.4 is 5.32 Å². The Morgan fingerprint density at radius 2 is 2.12 bits per heavy atom. The highest BCUT2D eigenvalue weighted by atomic mass is 16.4. The monoisotopic (exact) mass is 242 g/mol. The second kappa shape index (κ2) is 5.89. The third-order valence-electron chi connectivity index (χ3n) is 3.33. The van der Waals surface area contributed by atoms with E-state index >= 15 is 0 Å². The molecule has 1 heterocycles. The number of rotatable bonds is 5. The van der Waals surface area contributed by atoms with Crippen LogP contribution >= 0.6 is 0 Å². The van der Waals surface area contributed by atoms with Crippen molar-refractivity contribution in [2.24, 2.45) is 5.41 Å². The zero-order chi connectivity index (χ0) is 12.9. The lowest BCUT2D eigenvalue weighted by atomic mass is 9.90. The Bertz CT molecular complexity index is 293. The van der Waals surface area contributed by atoms with Crippen LogP contribution in [0.3, 0.4) is 0 Å². The van der Waals surface area contributed by atoms with Crippen LogP contribution in [0, 0.1) is 5.41 Å². The molecular formula is C12H22N2O3. The third-order valence-corrected chi connectivity index (χ3v) is 3.33. The number of unbranched alkanes of at least 4 members (excludes halogenated alkanes) is 2. The number of urea groups is 1. The molecule has 0 saturated carbocycles. The van der Waals surface area contributed by atoms with Crippen molar-refractivity contribution in [1.29, 1.82) is 0 Å². The Balaban J connectivity index is 2.33. The van der Waals surface area contributed by atoms with Crippen LogP contribution in [0.25, 0.3) is 0 Å². The van der Waals surface area contributed by atoms with Crippen molar-refractivity contribution >= 4 is 12.0 Å². The van der Waals surface area contributed by atoms with Crippen molar-refractivity contribution in [3.63, 3.8) is 0 Å². The van der Waals surface area contributed by atoms with Crippen molar-refractivity contribution in [1.82, 2.24) is 10.2 Å². The molecule has 1 rings (SSSR count). The number of aliphatic carboxylic acids is 1. The largest absolute Gasteiger partial charge is 0.481 e. The Hall–Kier alpha value is -1.26. The average molecular weight is 242 g/mol. The van der Waals surface area contributed by atoms with E-state index in [0.29, 0.717) is 26.1 Å². The number of nitrogens with zero attached hydrogens (tertiary/aromatic N) is 1. The molecule has 1 fully saturated rings. The maximum atomic E-state index is 11.7. The number of carbonyl (C=O) groups excluding carboxylic acids is 1. The predicted molar refractivity (Wildman–Crippen MR) is 64.9 cm³/mol. The Morgan fingerprint density at radius 3 is 2.65 bits per heavy atom. The van der Waals surface area contributed by atoms with Crippen molar-refractivity contribution in [2.75, 3.05) is 19.6 Å². The average Bonchev–Trinajstić information content (AvgIpc) is 2.69. The lowest BCUT2D eigenvalue weighted by molar-refractivity contribution is -0.146. The number of amides is 2. The molecule has 0 bridgehead atoms. The molecule has 0 radical (unpaired) electrons. The van der Waals surface area contributed by atoms with Crippen molar-refractivity contribution in [3.05, 3.63) is 0 Å². The van der Waals surface area contributed by atoms with Crippen molar-refractivity contribution < 1.29 is 14.7 Å². The van der Waals surface area contributed by atoms with E-state index in [0.717, 1.165) is 19.3 Å². The van der Waals surface area contributed by atoms with Gasteiger partial charge in [-0.1, -0.05) is 19.8 Å². The van der Waals surface area contributed by atoms with Crippen LogP contribution in [-0.4, -0.2) is 41.6 Å². The summed E-state index contributed by atoms with van der Waals surface area (Å²) >= 11 is 0. The molecule has 98 valence electrons. The zero-order valence-corrected chi connectivity index (χ0v) is 10.7. The summed E-state index contributed by atoms with van der Waals surface area (Å²) < 4.78 is 0. The van der Waals surface area contributed by atoms with E-state index in [9.17, 15) is 9.59 Å². The molecule has 2 amide bonds. The lowest BCUT2D eigenvalue weighted by Gasteiger charge is -2.20. The Kier molecular flexibility index (Phi) is 4.78. The normalized spacial score (nSPS) is 23.8. The zero-order valence-electron chi connectivity index (χ0n) is 10.7. The Morgan fingerprint density at radius 1 is 1.41 bits per heavy atom. The topological polar surface area (TPSA) is 69.6 Å². The van der Waals surface area contributed by atoms with Crippen LogP contribution in [0.2, 0.25) is 0 Å². The Labute approximate surface area is 102 Å². The summed E-state index contributed by atoms with van der Waals surface area (Å²) in [6, 6.07) is -0.133. The lowest BCUT2D eigenvalue weighted by Crippen LogP contribution is -2.41. The molecule has 1 aliphatic heterocycles. The number of carboxylic acids is 1. The number of hydrogen-bond acceptors (Lipinski definition) is 2. The van der Waals surface area contributed by atoms with Crippen LogP contribution in [-0.2, 0) is 4.79 Å². The first-order chi connectivity index (χ1) is 7.99. The summed E-state index contributed by atoms with van der Waals surface area (Å²) in [5.74, 6) is -0.821. The first-order valence-electron chi connectivity index (χ1n) is 6.26. The fraction of sp³-hybridized carbons (Fsp3) is 0.833. The van der Waals surface area contributed by atoms with Gasteiger partial charge >= 0.3 is 12.0 Å². The standard InChI is InChI=1S/C12H22N2O3/c1-3-4-5-7-13-11(17)14-8-6-12(2,9-14)10(15)16/h3-9H2,1-2H3,(H,13,17)(H,15,16). The summed E-state index contributed by atoms with van der Waals surface area (Å²) in [6.45, 7) is 5.32. The van der Waals surface area contributed by atoms with Gasteiger partial charge in [-0.25, -0.2) is 4.79 Å². The van der Waals surface area contributed by atoms with Gasteiger partial charge in [0.05, 0.1) is 5.41 Å². The number of nitrogens with one attached hydrogen (secondary N) is 1. The molecule has 5 heteroatoms. The van der Waals surface area contributed by atoms with E-state index < -0.39 is 11.4 Å². The van der Waals surface area contributed by atoms with E-state index in [1.807, 2.05) is 0 Å². The molecule has 5 nitrogen and oxygen atoms in total. The number of likely N-dealkylation sites (tertiary alicyclic amines) is 1. The highest BCUT2D eigenvalue weighted by Gasteiger charge is 2.41. The van der Waals surface area contributed by atoms with Gasteiger partial charge in [0, 0.05) is 19.6 Å². The highest BCUT2D eigenvalue weighted by molar-refractivity contribution is 5.79. The SMILES string of the molecule is CCCCCNC(=O)N1CCC(C)(C(=O)O)C1. The van der Waals surface area contributed by atoms with Gasteiger partial charge in [-0.15, -0.1) is 0 Å². The van der Waals surface area contributed by atoms with E-state index in [1.54, 1.807) is 11.8 Å². The summed E-state index contributed by atoms with van der Waals surface area (Å²) in [4.78, 5) is 24.4. The molecule has 2 N–H and O–H groups in total. The number of hydrogen-bond donors (Lipinski definition) is 2. The first kappa shape index (κ1) is 13.8. The molecular weight excluding hydrogens is 220 g/mol. The van der Waals surface area contributed by atoms with Crippen LogP contribution in [0.5, 0.6) is 0 Å². The molecule has 0 aromatic rings. The first-order valence-corrected chi connectivity index (χ1v) is 6.26. The van der Waals surface area contributed by atoms with Gasteiger partial charge in [0.15, 0.2) is 0 Å². The van der Waals surface area contributed by atoms with E-state index in [2.05, 4.69) is 12.2 Å². The molecule has 1 unspecified atom stereocenters. The second-order valence-corrected chi connectivity index (χ2v) is 4.98. The number of carboxylic acid groups (broad SMARTS) is 1. The van der Waals surface area contributed by atoms with Crippen LogP contribution in [0.1, 0.15) is 39.5 Å². The maximum Gasteiger partial charge on any atom is 0.317 e. The second-order valence-electron chi connectivity index (χ2n) is 4.98. The predicted octanol–water partition coefficient (Wildman–Crippen LogP) is 1.68. The quantitative estimate of drug-likeness (QED) is 0.721. The minimum Gasteiger partial charge on any atom is -0.481 e. The molecule has 1 atom stereocenters. The summed E-state index contributed by atoms with van der Waals surface area (Å²) in [6.07, 6.45) is 3.74. The van der Waals surface area contributed by atoms with Crippen molar-refractivity contribution in [2.45, 2.75) is 39.5 Å². The molecule has 0 aromatic heterocycles. The maximum absolute atomic E-state index is 11.7. The van der Waals surface area contributed by atoms with Gasteiger partial charge in [0.2, 0.25) is 0 Å². The van der Waals surface area contributed by atoms with Gasteiger partial charge in [0.25, 0.3) is 0 Å². The summed E-state index contributed by atoms with van der Waals surface area (Å²) in [5, 5.41) is 11.9. The van der Waals surface area contributed by atoms with Gasteiger partial charge < -0.3 is 15.3 Å². The molecule has 1 aliphatic rings. The van der Waals surface area contributed by atoms with Gasteiger partial charge in [-0.2, -0.15) is 0 Å². The molecule has 0 aromatic carbocycles. The smallest absolute Gasteiger partial charge is 0.317 e. The fourth-order valence-electron chi connectivity index (χ4n) is 1.99. The van der Waals surface area contributed by atoms with E-state index in [1.165, 1.54) is 0 Å². The molecule has 0 aliphatic carbocycles. The highest BCUT2D eigenvalue weighted by Crippen LogP contribution is 2.29. The van der Waals surface area contributed by atoms with E-state index in [-0.39, 0.29) is 6.03 Å². The molecule has 1 saturated heterocycles. The minimum atomic E-state index is -0.821. The van der Waals surface area contributed by atoms with Crippen molar-refractivity contribution in [3.8, 4) is 0 Å². The molecule has 0 spiro atoms. The van der Waals surface area contributed by atoms with Crippen LogP contribution in [0.4, 0.5) is 4.79 Å².